The van der Waals surface area contributed by atoms with Gasteiger partial charge in [0.2, 0.25) is 0 Å². The first kappa shape index (κ1) is 24.5. The molecule has 0 saturated carbocycles. The van der Waals surface area contributed by atoms with Crippen LogP contribution in [0, 0.1) is 11.6 Å². The molecule has 34 heavy (non-hydrogen) atoms. The number of piperazine rings is 1. The maximum atomic E-state index is 13.9. The second-order valence-corrected chi connectivity index (χ2v) is 11.1. The van der Waals surface area contributed by atoms with E-state index < -0.39 is 28.2 Å². The van der Waals surface area contributed by atoms with E-state index in [1.165, 1.54) is 14.7 Å². The van der Waals surface area contributed by atoms with Gasteiger partial charge in [-0.15, -0.1) is 0 Å². The molecule has 186 valence electrons. The molecule has 2 aliphatic rings. The molecule has 0 radical (unpaired) electrons. The average Bonchev–Trinajstić information content (AvgIpc) is 2.99. The molecule has 2 N–H and O–H groups in total. The van der Waals surface area contributed by atoms with Gasteiger partial charge in [0.15, 0.2) is 11.6 Å². The summed E-state index contributed by atoms with van der Waals surface area (Å²) in [4.78, 5) is 16.1. The second kappa shape index (κ2) is 9.21. The van der Waals surface area contributed by atoms with E-state index in [9.17, 15) is 22.7 Å². The highest BCUT2D eigenvalue weighted by Gasteiger charge is 2.42. The van der Waals surface area contributed by atoms with Crippen molar-refractivity contribution < 1.29 is 27.4 Å². The molecule has 0 atom stereocenters. The zero-order valence-electron chi connectivity index (χ0n) is 19.4. The second-order valence-electron chi connectivity index (χ2n) is 9.28. The smallest absolute Gasteiger partial charge is 0.410 e. The lowest BCUT2D eigenvalue weighted by atomic mass is 10.2. The number of nitrogens with zero attached hydrogens (tertiary/aromatic N) is 4. The van der Waals surface area contributed by atoms with Gasteiger partial charge in [-0.1, -0.05) is 12.1 Å². The van der Waals surface area contributed by atoms with Crippen molar-refractivity contribution in [2.24, 2.45) is 0 Å². The van der Waals surface area contributed by atoms with Crippen LogP contribution >= 0.6 is 11.0 Å². The van der Waals surface area contributed by atoms with Crippen LogP contribution in [0.1, 0.15) is 20.8 Å². The van der Waals surface area contributed by atoms with Gasteiger partial charge < -0.3 is 9.64 Å². The molecule has 2 aliphatic heterocycles. The molecule has 8 nitrogen and oxygen atoms in total. The van der Waals surface area contributed by atoms with Crippen LogP contribution in [-0.2, 0) is 4.74 Å². The molecule has 11 heteroatoms. The first-order valence-electron chi connectivity index (χ1n) is 11.1. The molecule has 2 heterocycles. The molecule has 0 unspecified atom stereocenters. The predicted octanol–water partition coefficient (Wildman–Crippen LogP) is 5.06. The number of carbonyl (C=O) groups excluding carboxylic acids is 1. The zero-order valence-corrected chi connectivity index (χ0v) is 20.3. The molecule has 1 saturated heterocycles. The number of hydrogen-bond acceptors (Lipinski definition) is 7. The SMILES string of the molecule is CC(C)(C)OC(=O)N1CCN(CCN2c3ccccc3N(c3ccc(F)c(F)c3)S2(O)O)CC1. The fraction of sp³-hybridized carbons (Fsp3) is 0.435. The molecular formula is C23H30F2N4O4S. The number of para-hydroxylation sites is 2. The average molecular weight is 497 g/mol. The van der Waals surface area contributed by atoms with Gasteiger partial charge in [-0.25, -0.2) is 17.9 Å². The third-order valence-electron chi connectivity index (χ3n) is 5.69. The maximum Gasteiger partial charge on any atom is 0.410 e. The van der Waals surface area contributed by atoms with E-state index >= 15 is 0 Å². The Hall–Kier alpha value is -2.60. The molecule has 0 aliphatic carbocycles. The summed E-state index contributed by atoms with van der Waals surface area (Å²) in [6, 6.07) is 10.3. The molecule has 1 fully saturated rings. The molecule has 2 aromatic carbocycles. The van der Waals surface area contributed by atoms with Gasteiger partial charge in [-0.2, -0.15) is 0 Å². The Morgan fingerprint density at radius 1 is 0.971 bits per heavy atom. The Morgan fingerprint density at radius 2 is 1.62 bits per heavy atom. The van der Waals surface area contributed by atoms with Gasteiger partial charge in [0, 0.05) is 38.8 Å². The quantitative estimate of drug-likeness (QED) is 0.613. The molecule has 0 aromatic heterocycles. The largest absolute Gasteiger partial charge is 0.444 e. The van der Waals surface area contributed by atoms with E-state index in [0.717, 1.165) is 12.1 Å². The number of amides is 1. The molecule has 1 amide bonds. The van der Waals surface area contributed by atoms with E-state index in [0.29, 0.717) is 50.6 Å². The Bertz CT molecular complexity index is 1060. The Labute approximate surface area is 199 Å². The Kier molecular flexibility index (Phi) is 6.65. The highest BCUT2D eigenvalue weighted by atomic mass is 32.3. The minimum Gasteiger partial charge on any atom is -0.444 e. The van der Waals surface area contributed by atoms with Gasteiger partial charge in [0.05, 0.1) is 23.6 Å². The number of benzene rings is 2. The number of rotatable bonds is 4. The fourth-order valence-corrected chi connectivity index (χ4v) is 5.81. The van der Waals surface area contributed by atoms with Crippen LogP contribution in [0.25, 0.3) is 0 Å². The first-order chi connectivity index (χ1) is 16.0. The van der Waals surface area contributed by atoms with Crippen molar-refractivity contribution in [3.63, 3.8) is 0 Å². The maximum absolute atomic E-state index is 13.9. The summed E-state index contributed by atoms with van der Waals surface area (Å²) in [6.07, 6.45) is -0.336. The predicted molar refractivity (Wildman–Crippen MR) is 129 cm³/mol. The van der Waals surface area contributed by atoms with Crippen molar-refractivity contribution in [1.29, 1.82) is 0 Å². The van der Waals surface area contributed by atoms with E-state index in [4.69, 9.17) is 4.74 Å². The van der Waals surface area contributed by atoms with Crippen molar-refractivity contribution in [1.82, 2.24) is 9.80 Å². The first-order valence-corrected chi connectivity index (χ1v) is 12.5. The third kappa shape index (κ3) is 4.92. The van der Waals surface area contributed by atoms with Crippen molar-refractivity contribution in [2.45, 2.75) is 26.4 Å². The molecule has 2 aromatic rings. The monoisotopic (exact) mass is 496 g/mol. The van der Waals surface area contributed by atoms with Gasteiger partial charge in [0.1, 0.15) is 5.60 Å². The van der Waals surface area contributed by atoms with Crippen molar-refractivity contribution >= 4 is 34.1 Å². The molecule has 4 rings (SSSR count). The number of anilines is 3. The van der Waals surface area contributed by atoms with Crippen LogP contribution in [0.2, 0.25) is 0 Å². The number of halogens is 2. The third-order valence-corrected chi connectivity index (χ3v) is 7.56. The number of ether oxygens (including phenoxy) is 1. The van der Waals surface area contributed by atoms with Crippen LogP contribution < -0.4 is 8.61 Å². The molecule has 0 spiro atoms. The van der Waals surface area contributed by atoms with Gasteiger partial charge in [-0.05, 0) is 56.0 Å². The summed E-state index contributed by atoms with van der Waals surface area (Å²) in [5, 5.41) is 0. The summed E-state index contributed by atoms with van der Waals surface area (Å²) in [5.74, 6) is -2.07. The summed E-state index contributed by atoms with van der Waals surface area (Å²) < 4.78 is 58.0. The molecule has 0 bridgehead atoms. The standard InChI is InChI=1S/C23H30F2N4O4S/c1-23(2,3)33-22(30)27-13-10-26(11-14-27)12-15-28-20-6-4-5-7-21(20)29(34(28,31)32)17-8-9-18(24)19(25)16-17/h4-9,16,31-32H,10-15H2,1-3H3. The van der Waals surface area contributed by atoms with Gasteiger partial charge in [0.25, 0.3) is 0 Å². The number of carbonyl (C=O) groups is 1. The van der Waals surface area contributed by atoms with Gasteiger partial charge >= 0.3 is 6.09 Å². The number of hydrogen-bond donors (Lipinski definition) is 2. The minimum atomic E-state index is -3.55. The summed E-state index contributed by atoms with van der Waals surface area (Å²) in [6.45, 7) is 8.60. The lowest BCUT2D eigenvalue weighted by Gasteiger charge is -2.44. The summed E-state index contributed by atoms with van der Waals surface area (Å²) >= 11 is 0. The summed E-state index contributed by atoms with van der Waals surface area (Å²) in [7, 11) is -3.55. The lowest BCUT2D eigenvalue weighted by Crippen LogP contribution is -2.51. The van der Waals surface area contributed by atoms with Crippen LogP contribution in [0.4, 0.5) is 30.6 Å². The topological polar surface area (TPSA) is 79.7 Å². The minimum absolute atomic E-state index is 0.153. The highest BCUT2D eigenvalue weighted by molar-refractivity contribution is 8.27. The van der Waals surface area contributed by atoms with E-state index in [2.05, 4.69) is 4.90 Å². The lowest BCUT2D eigenvalue weighted by molar-refractivity contribution is 0.0148. The fourth-order valence-electron chi connectivity index (χ4n) is 4.06. The van der Waals surface area contributed by atoms with Crippen LogP contribution in [0.3, 0.4) is 0 Å². The van der Waals surface area contributed by atoms with Crippen LogP contribution in [0.5, 0.6) is 0 Å². The Balaban J connectivity index is 1.45. The van der Waals surface area contributed by atoms with Crippen molar-refractivity contribution in [2.75, 3.05) is 47.9 Å². The van der Waals surface area contributed by atoms with Crippen LogP contribution in [0.15, 0.2) is 42.5 Å². The van der Waals surface area contributed by atoms with E-state index in [-0.39, 0.29) is 11.8 Å². The normalized spacial score (nSPS) is 19.2. The van der Waals surface area contributed by atoms with Crippen LogP contribution in [-0.4, -0.2) is 69.9 Å². The van der Waals surface area contributed by atoms with Crippen molar-refractivity contribution in [3.05, 3.63) is 54.1 Å². The van der Waals surface area contributed by atoms with Gasteiger partial charge in [-0.3, -0.25) is 18.3 Å². The highest BCUT2D eigenvalue weighted by Crippen LogP contribution is 2.63. The molecular weight excluding hydrogens is 466 g/mol. The number of fused-ring (bicyclic) bond motifs is 1. The summed E-state index contributed by atoms with van der Waals surface area (Å²) in [5.41, 5.74) is 0.702. The zero-order chi connectivity index (χ0) is 24.7. The van der Waals surface area contributed by atoms with Crippen molar-refractivity contribution in [3.8, 4) is 0 Å². The Morgan fingerprint density at radius 3 is 2.24 bits per heavy atom. The van der Waals surface area contributed by atoms with E-state index in [1.54, 1.807) is 29.2 Å². The van der Waals surface area contributed by atoms with E-state index in [1.807, 2.05) is 20.8 Å².